The molecule has 2 N–H and O–H groups in total. The zero-order valence-electron chi connectivity index (χ0n) is 14.7. The normalized spacial score (nSPS) is 27.7. The summed E-state index contributed by atoms with van der Waals surface area (Å²) < 4.78 is 0. The molecule has 1 aliphatic carbocycles. The summed E-state index contributed by atoms with van der Waals surface area (Å²) in [5.41, 5.74) is 1.42. The second-order valence-electron chi connectivity index (χ2n) is 7.66. The average Bonchev–Trinajstić information content (AvgIpc) is 3.04. The maximum Gasteiger partial charge on any atom is 0.257 e. The SMILES string of the molecule is CC(C)c1ccc(C(=O)N2CCCC2C2CCCCC2O)c(O)c1. The Kier molecular flexibility index (Phi) is 5.14. The van der Waals surface area contributed by atoms with E-state index in [1.165, 1.54) is 0 Å². The Balaban J connectivity index is 1.81. The second-order valence-corrected chi connectivity index (χ2v) is 7.66. The Bertz CT molecular complexity index is 599. The Morgan fingerprint density at radius 1 is 1.17 bits per heavy atom. The number of amides is 1. The van der Waals surface area contributed by atoms with Crippen LogP contribution in [0.15, 0.2) is 18.2 Å². The number of nitrogens with zero attached hydrogens (tertiary/aromatic N) is 1. The first-order valence-electron chi connectivity index (χ1n) is 9.31. The van der Waals surface area contributed by atoms with Crippen molar-refractivity contribution < 1.29 is 15.0 Å². The van der Waals surface area contributed by atoms with Crippen molar-refractivity contribution in [2.24, 2.45) is 5.92 Å². The molecular weight excluding hydrogens is 302 g/mol. The fourth-order valence-corrected chi connectivity index (χ4v) is 4.32. The maximum absolute atomic E-state index is 13.0. The minimum absolute atomic E-state index is 0.0704. The van der Waals surface area contributed by atoms with Crippen molar-refractivity contribution in [3.63, 3.8) is 0 Å². The Morgan fingerprint density at radius 3 is 2.58 bits per heavy atom. The van der Waals surface area contributed by atoms with Gasteiger partial charge in [-0.2, -0.15) is 0 Å². The minimum Gasteiger partial charge on any atom is -0.507 e. The van der Waals surface area contributed by atoms with E-state index in [2.05, 4.69) is 13.8 Å². The molecule has 0 spiro atoms. The molecule has 1 amide bonds. The average molecular weight is 331 g/mol. The molecule has 0 aromatic heterocycles. The van der Waals surface area contributed by atoms with E-state index >= 15 is 0 Å². The number of phenolic OH excluding ortho intramolecular Hbond substituents is 1. The second kappa shape index (κ2) is 7.14. The van der Waals surface area contributed by atoms with E-state index in [9.17, 15) is 15.0 Å². The molecule has 1 heterocycles. The highest BCUT2D eigenvalue weighted by Gasteiger charge is 2.39. The smallest absolute Gasteiger partial charge is 0.257 e. The van der Waals surface area contributed by atoms with Crippen LogP contribution < -0.4 is 0 Å². The molecule has 0 radical (unpaired) electrons. The lowest BCUT2D eigenvalue weighted by atomic mass is 9.80. The van der Waals surface area contributed by atoms with Crippen molar-refractivity contribution in [2.45, 2.75) is 70.4 Å². The van der Waals surface area contributed by atoms with Crippen molar-refractivity contribution >= 4 is 5.91 Å². The molecule has 2 aliphatic rings. The molecule has 4 nitrogen and oxygen atoms in total. The van der Waals surface area contributed by atoms with Crippen molar-refractivity contribution in [2.75, 3.05) is 6.54 Å². The van der Waals surface area contributed by atoms with E-state index < -0.39 is 0 Å². The zero-order valence-corrected chi connectivity index (χ0v) is 14.7. The van der Waals surface area contributed by atoms with Gasteiger partial charge in [0.15, 0.2) is 0 Å². The molecule has 1 aromatic rings. The zero-order chi connectivity index (χ0) is 17.3. The van der Waals surface area contributed by atoms with Crippen LogP contribution in [-0.4, -0.2) is 39.7 Å². The standard InChI is InChI=1S/C20H29NO3/c1-13(2)14-9-10-16(19(23)12-14)20(24)21-11-5-7-17(21)15-6-3-4-8-18(15)22/h9-10,12-13,15,17-18,22-23H,3-8,11H2,1-2H3. The number of aliphatic hydroxyl groups is 1. The quantitative estimate of drug-likeness (QED) is 0.888. The molecule has 3 unspecified atom stereocenters. The first-order chi connectivity index (χ1) is 11.5. The Labute approximate surface area is 144 Å². The third-order valence-corrected chi connectivity index (χ3v) is 5.75. The molecule has 132 valence electrons. The summed E-state index contributed by atoms with van der Waals surface area (Å²) in [4.78, 5) is 14.9. The lowest BCUT2D eigenvalue weighted by Crippen LogP contribution is -2.45. The van der Waals surface area contributed by atoms with Gasteiger partial charge in [-0.3, -0.25) is 4.79 Å². The van der Waals surface area contributed by atoms with Gasteiger partial charge in [0.05, 0.1) is 11.7 Å². The fourth-order valence-electron chi connectivity index (χ4n) is 4.32. The van der Waals surface area contributed by atoms with E-state index in [0.29, 0.717) is 11.5 Å². The first-order valence-corrected chi connectivity index (χ1v) is 9.31. The monoisotopic (exact) mass is 331 g/mol. The molecule has 3 atom stereocenters. The minimum atomic E-state index is -0.297. The van der Waals surface area contributed by atoms with Crippen LogP contribution in [0.1, 0.15) is 74.2 Å². The van der Waals surface area contributed by atoms with Gasteiger partial charge in [-0.15, -0.1) is 0 Å². The molecule has 3 rings (SSSR count). The summed E-state index contributed by atoms with van der Waals surface area (Å²) in [6, 6.07) is 5.49. The van der Waals surface area contributed by atoms with E-state index in [0.717, 1.165) is 50.6 Å². The van der Waals surface area contributed by atoms with E-state index in [4.69, 9.17) is 0 Å². The van der Waals surface area contributed by atoms with Crippen LogP contribution >= 0.6 is 0 Å². The largest absolute Gasteiger partial charge is 0.507 e. The van der Waals surface area contributed by atoms with Gasteiger partial charge in [0, 0.05) is 18.5 Å². The number of aliphatic hydroxyl groups excluding tert-OH is 1. The molecule has 1 aliphatic heterocycles. The molecule has 1 aromatic carbocycles. The fraction of sp³-hybridized carbons (Fsp3) is 0.650. The van der Waals surface area contributed by atoms with Gasteiger partial charge in [-0.25, -0.2) is 0 Å². The Morgan fingerprint density at radius 2 is 1.92 bits per heavy atom. The predicted octanol–water partition coefficient (Wildman–Crippen LogP) is 3.67. The highest BCUT2D eigenvalue weighted by atomic mass is 16.3. The lowest BCUT2D eigenvalue weighted by molar-refractivity contribution is 0.0211. The molecule has 0 bridgehead atoms. The van der Waals surface area contributed by atoms with Gasteiger partial charge < -0.3 is 15.1 Å². The maximum atomic E-state index is 13.0. The molecule has 4 heteroatoms. The van der Waals surface area contributed by atoms with Gasteiger partial charge in [-0.05, 0) is 49.3 Å². The van der Waals surface area contributed by atoms with Gasteiger partial charge in [0.25, 0.3) is 5.91 Å². The van der Waals surface area contributed by atoms with Crippen LogP contribution in [0, 0.1) is 5.92 Å². The van der Waals surface area contributed by atoms with E-state index in [-0.39, 0.29) is 29.7 Å². The van der Waals surface area contributed by atoms with Crippen molar-refractivity contribution in [1.82, 2.24) is 4.90 Å². The summed E-state index contributed by atoms with van der Waals surface area (Å²) >= 11 is 0. The molecular formula is C20H29NO3. The number of rotatable bonds is 3. The summed E-state index contributed by atoms with van der Waals surface area (Å²) in [5, 5.41) is 20.7. The number of aromatic hydroxyl groups is 1. The predicted molar refractivity (Wildman–Crippen MR) is 94.2 cm³/mol. The van der Waals surface area contributed by atoms with Crippen LogP contribution in [0.3, 0.4) is 0 Å². The number of likely N-dealkylation sites (tertiary alicyclic amines) is 1. The van der Waals surface area contributed by atoms with Crippen molar-refractivity contribution in [3.05, 3.63) is 29.3 Å². The number of carbonyl (C=O) groups excluding carboxylic acids is 1. The summed E-state index contributed by atoms with van der Waals surface area (Å²) in [6.07, 6.45) is 5.69. The van der Waals surface area contributed by atoms with Crippen molar-refractivity contribution in [1.29, 1.82) is 0 Å². The third kappa shape index (κ3) is 3.30. The van der Waals surface area contributed by atoms with E-state index in [1.54, 1.807) is 12.1 Å². The van der Waals surface area contributed by atoms with Crippen LogP contribution in [0.25, 0.3) is 0 Å². The van der Waals surface area contributed by atoms with Gasteiger partial charge in [0.1, 0.15) is 5.75 Å². The van der Waals surface area contributed by atoms with Gasteiger partial charge >= 0.3 is 0 Å². The van der Waals surface area contributed by atoms with Gasteiger partial charge in [-0.1, -0.05) is 32.8 Å². The first kappa shape index (κ1) is 17.3. The van der Waals surface area contributed by atoms with Crippen LogP contribution in [0.4, 0.5) is 0 Å². The number of hydrogen-bond acceptors (Lipinski definition) is 3. The number of phenols is 1. The topological polar surface area (TPSA) is 60.8 Å². The summed E-state index contributed by atoms with van der Waals surface area (Å²) in [6.45, 7) is 4.85. The van der Waals surface area contributed by atoms with Crippen LogP contribution in [-0.2, 0) is 0 Å². The summed E-state index contributed by atoms with van der Waals surface area (Å²) in [7, 11) is 0. The van der Waals surface area contributed by atoms with Crippen LogP contribution in [0.2, 0.25) is 0 Å². The summed E-state index contributed by atoms with van der Waals surface area (Å²) in [5.74, 6) is 0.475. The van der Waals surface area contributed by atoms with Crippen molar-refractivity contribution in [3.8, 4) is 5.75 Å². The van der Waals surface area contributed by atoms with E-state index in [1.807, 2.05) is 11.0 Å². The highest BCUT2D eigenvalue weighted by molar-refractivity contribution is 5.97. The molecule has 24 heavy (non-hydrogen) atoms. The van der Waals surface area contributed by atoms with Crippen LogP contribution in [0.5, 0.6) is 5.75 Å². The third-order valence-electron chi connectivity index (χ3n) is 5.75. The highest BCUT2D eigenvalue weighted by Crippen LogP contribution is 2.36. The lowest BCUT2D eigenvalue weighted by Gasteiger charge is -2.37. The van der Waals surface area contributed by atoms with Gasteiger partial charge in [0.2, 0.25) is 0 Å². The number of hydrogen-bond donors (Lipinski definition) is 2. The molecule has 2 fully saturated rings. The number of benzene rings is 1. The Hall–Kier alpha value is -1.55. The molecule has 1 saturated carbocycles. The molecule has 1 saturated heterocycles. The number of carbonyl (C=O) groups is 1.